The lowest BCUT2D eigenvalue weighted by Gasteiger charge is -2.35. The largest absolute Gasteiger partial charge is 0.376 e. The Hall–Kier alpha value is -1.18. The molecule has 2 amide bonds. The highest BCUT2D eigenvalue weighted by molar-refractivity contribution is 5.82. The maximum atomic E-state index is 12.5. The van der Waals surface area contributed by atoms with Crippen LogP contribution in [0.1, 0.15) is 25.7 Å². The van der Waals surface area contributed by atoms with Gasteiger partial charge in [0.05, 0.1) is 25.9 Å². The molecule has 2 N–H and O–H groups in total. The van der Waals surface area contributed by atoms with Crippen LogP contribution in [0, 0.1) is 5.92 Å². The minimum atomic E-state index is -0.459. The smallest absolute Gasteiger partial charge is 0.254 e. The fourth-order valence-electron chi connectivity index (χ4n) is 3.54. The highest BCUT2D eigenvalue weighted by Gasteiger charge is 2.31. The number of amides is 2. The van der Waals surface area contributed by atoms with E-state index in [1.54, 1.807) is 0 Å². The number of hydrogen-bond acceptors (Lipinski definition) is 5. The lowest BCUT2D eigenvalue weighted by atomic mass is 9.97. The fraction of sp³-hybridized carbons (Fsp3) is 0.875. The molecule has 130 valence electrons. The lowest BCUT2D eigenvalue weighted by Crippen LogP contribution is -2.51. The molecular formula is C16H27N3O4. The summed E-state index contributed by atoms with van der Waals surface area (Å²) >= 11 is 0. The summed E-state index contributed by atoms with van der Waals surface area (Å²) in [6.07, 6.45) is 3.54. The van der Waals surface area contributed by atoms with E-state index in [1.807, 2.05) is 4.90 Å². The number of piperidine rings is 1. The molecule has 3 rings (SSSR count). The first-order chi connectivity index (χ1) is 11.2. The molecule has 0 spiro atoms. The third-order valence-electron chi connectivity index (χ3n) is 4.86. The Labute approximate surface area is 137 Å². The number of rotatable bonds is 4. The van der Waals surface area contributed by atoms with Crippen molar-refractivity contribution in [3.63, 3.8) is 0 Å². The van der Waals surface area contributed by atoms with Gasteiger partial charge in [-0.15, -0.1) is 0 Å². The van der Waals surface area contributed by atoms with Gasteiger partial charge in [-0.2, -0.15) is 0 Å². The number of nitrogens with zero attached hydrogens (tertiary/aromatic N) is 1. The highest BCUT2D eigenvalue weighted by atomic mass is 16.6. The number of likely N-dealkylation sites (tertiary alicyclic amines) is 1. The Kier molecular flexibility index (Phi) is 5.85. The van der Waals surface area contributed by atoms with Crippen LogP contribution in [0.4, 0.5) is 0 Å². The van der Waals surface area contributed by atoms with Crippen LogP contribution in [0.15, 0.2) is 0 Å². The van der Waals surface area contributed by atoms with Crippen molar-refractivity contribution < 1.29 is 19.1 Å². The van der Waals surface area contributed by atoms with Crippen molar-refractivity contribution in [2.75, 3.05) is 46.0 Å². The van der Waals surface area contributed by atoms with Crippen molar-refractivity contribution in [2.24, 2.45) is 5.92 Å². The van der Waals surface area contributed by atoms with Crippen LogP contribution in [0.2, 0.25) is 0 Å². The normalized spacial score (nSPS) is 31.8. The van der Waals surface area contributed by atoms with Crippen molar-refractivity contribution in [3.05, 3.63) is 0 Å². The summed E-state index contributed by atoms with van der Waals surface area (Å²) in [5.41, 5.74) is 0. The number of nitrogens with one attached hydrogen (secondary N) is 2. The first kappa shape index (κ1) is 16.7. The zero-order valence-electron chi connectivity index (χ0n) is 13.6. The maximum Gasteiger partial charge on any atom is 0.254 e. The molecule has 7 nitrogen and oxygen atoms in total. The van der Waals surface area contributed by atoms with E-state index in [2.05, 4.69) is 10.6 Å². The first-order valence-corrected chi connectivity index (χ1v) is 8.73. The predicted molar refractivity (Wildman–Crippen MR) is 83.9 cm³/mol. The molecule has 23 heavy (non-hydrogen) atoms. The van der Waals surface area contributed by atoms with Crippen LogP contribution in [-0.4, -0.2) is 74.9 Å². The number of hydrogen-bond donors (Lipinski definition) is 2. The van der Waals surface area contributed by atoms with Gasteiger partial charge in [0.25, 0.3) is 5.91 Å². The standard InChI is InChI=1S/C16H27N3O4/c20-15(13-4-1-5-17-13)18-9-12-3-2-6-19(10-12)16(21)14-11-22-7-8-23-14/h12-14,17H,1-11H2,(H,18,20). The van der Waals surface area contributed by atoms with Crippen LogP contribution in [-0.2, 0) is 19.1 Å². The van der Waals surface area contributed by atoms with E-state index in [9.17, 15) is 9.59 Å². The molecule has 3 atom stereocenters. The molecule has 3 heterocycles. The number of carbonyl (C=O) groups excluding carboxylic acids is 2. The third kappa shape index (κ3) is 4.43. The molecule has 3 saturated heterocycles. The van der Waals surface area contributed by atoms with Gasteiger partial charge in [0.2, 0.25) is 5.91 Å². The second-order valence-corrected chi connectivity index (χ2v) is 6.62. The third-order valence-corrected chi connectivity index (χ3v) is 4.86. The summed E-state index contributed by atoms with van der Waals surface area (Å²) in [6, 6.07) is -0.0379. The predicted octanol–water partition coefficient (Wildman–Crippen LogP) is -0.491. The van der Waals surface area contributed by atoms with Gasteiger partial charge in [0.15, 0.2) is 6.10 Å². The lowest BCUT2D eigenvalue weighted by molar-refractivity contribution is -0.159. The van der Waals surface area contributed by atoms with Gasteiger partial charge in [-0.05, 0) is 38.1 Å². The van der Waals surface area contributed by atoms with Gasteiger partial charge in [0, 0.05) is 19.6 Å². The molecule has 7 heteroatoms. The second kappa shape index (κ2) is 8.08. The number of ether oxygens (including phenoxy) is 2. The molecule has 0 aliphatic carbocycles. The molecule has 3 fully saturated rings. The zero-order chi connectivity index (χ0) is 16.1. The molecule has 0 aromatic rings. The molecule has 0 aromatic carbocycles. The Bertz CT molecular complexity index is 420. The average Bonchev–Trinajstić information content (AvgIpc) is 3.15. The summed E-state index contributed by atoms with van der Waals surface area (Å²) in [7, 11) is 0. The van der Waals surface area contributed by atoms with Crippen LogP contribution >= 0.6 is 0 Å². The van der Waals surface area contributed by atoms with Crippen LogP contribution in [0.5, 0.6) is 0 Å². The van der Waals surface area contributed by atoms with Crippen molar-refractivity contribution >= 4 is 11.8 Å². The molecular weight excluding hydrogens is 298 g/mol. The maximum absolute atomic E-state index is 12.5. The van der Waals surface area contributed by atoms with E-state index in [4.69, 9.17) is 9.47 Å². The summed E-state index contributed by atoms with van der Waals surface area (Å²) in [6.45, 7) is 4.43. The van der Waals surface area contributed by atoms with Crippen LogP contribution < -0.4 is 10.6 Å². The monoisotopic (exact) mass is 325 g/mol. The minimum Gasteiger partial charge on any atom is -0.376 e. The summed E-state index contributed by atoms with van der Waals surface area (Å²) < 4.78 is 10.8. The Morgan fingerprint density at radius 2 is 2.13 bits per heavy atom. The van der Waals surface area contributed by atoms with Gasteiger partial charge in [-0.1, -0.05) is 0 Å². The fourth-order valence-corrected chi connectivity index (χ4v) is 3.54. The van der Waals surface area contributed by atoms with Crippen molar-refractivity contribution in [2.45, 2.75) is 37.8 Å². The van der Waals surface area contributed by atoms with Gasteiger partial charge in [-0.25, -0.2) is 0 Å². The minimum absolute atomic E-state index is 0.0261. The van der Waals surface area contributed by atoms with Gasteiger partial charge in [0.1, 0.15) is 0 Å². The second-order valence-electron chi connectivity index (χ2n) is 6.62. The molecule has 0 bridgehead atoms. The van der Waals surface area contributed by atoms with Gasteiger partial charge in [-0.3, -0.25) is 9.59 Å². The van der Waals surface area contributed by atoms with E-state index in [0.29, 0.717) is 38.8 Å². The van der Waals surface area contributed by atoms with Gasteiger partial charge < -0.3 is 25.0 Å². The number of carbonyl (C=O) groups is 2. The molecule has 0 aromatic heterocycles. The Balaban J connectivity index is 1.44. The zero-order valence-corrected chi connectivity index (χ0v) is 13.6. The van der Waals surface area contributed by atoms with Crippen molar-refractivity contribution in [1.29, 1.82) is 0 Å². The summed E-state index contributed by atoms with van der Waals surface area (Å²) in [5.74, 6) is 0.440. The molecule has 0 radical (unpaired) electrons. The quantitative estimate of drug-likeness (QED) is 0.729. The highest BCUT2D eigenvalue weighted by Crippen LogP contribution is 2.18. The van der Waals surface area contributed by atoms with E-state index < -0.39 is 6.10 Å². The summed E-state index contributed by atoms with van der Waals surface area (Å²) in [4.78, 5) is 26.4. The SMILES string of the molecule is O=C(NCC1CCCN(C(=O)C2COCCO2)C1)C1CCCN1. The Morgan fingerprint density at radius 3 is 2.87 bits per heavy atom. The van der Waals surface area contributed by atoms with Gasteiger partial charge >= 0.3 is 0 Å². The average molecular weight is 325 g/mol. The van der Waals surface area contributed by atoms with E-state index >= 15 is 0 Å². The molecule has 3 aliphatic heterocycles. The van der Waals surface area contributed by atoms with E-state index in [1.165, 1.54) is 0 Å². The topological polar surface area (TPSA) is 79.9 Å². The molecule has 3 aliphatic rings. The molecule has 0 saturated carbocycles. The van der Waals surface area contributed by atoms with Crippen molar-refractivity contribution in [3.8, 4) is 0 Å². The van der Waals surface area contributed by atoms with Crippen molar-refractivity contribution in [1.82, 2.24) is 15.5 Å². The first-order valence-electron chi connectivity index (χ1n) is 8.73. The Morgan fingerprint density at radius 1 is 1.22 bits per heavy atom. The van der Waals surface area contributed by atoms with E-state index in [0.717, 1.165) is 38.8 Å². The van der Waals surface area contributed by atoms with E-state index in [-0.39, 0.29) is 17.9 Å². The molecule has 3 unspecified atom stereocenters. The van der Waals surface area contributed by atoms with Crippen LogP contribution in [0.3, 0.4) is 0 Å². The summed E-state index contributed by atoms with van der Waals surface area (Å²) in [5, 5.41) is 6.25. The van der Waals surface area contributed by atoms with Crippen LogP contribution in [0.25, 0.3) is 0 Å².